The first-order valence-electron chi connectivity index (χ1n) is 4.65. The number of halogens is 1. The molecule has 0 aromatic carbocycles. The zero-order valence-electron chi connectivity index (χ0n) is 9.04. The Morgan fingerprint density at radius 3 is 2.62 bits per heavy atom. The van der Waals surface area contributed by atoms with Gasteiger partial charge in [0.1, 0.15) is 0 Å². The minimum absolute atomic E-state index is 0.173. The molecule has 0 saturated heterocycles. The van der Waals surface area contributed by atoms with Crippen LogP contribution in [0.2, 0.25) is 0 Å². The molecule has 0 unspecified atom stereocenters. The molecule has 0 spiro atoms. The van der Waals surface area contributed by atoms with Gasteiger partial charge in [-0.25, -0.2) is 0 Å². The summed E-state index contributed by atoms with van der Waals surface area (Å²) in [5.41, 5.74) is 5.11. The maximum Gasteiger partial charge on any atom is 0.252 e. The standard InChI is InChI=1S/C10H13IN2O2S/c1-10(2,9(12)15)5-13-8(14)6-3-7(11)16-4-6/h3-4H,5H2,1-2H3,(H2,12,15)(H,13,14). The lowest BCUT2D eigenvalue weighted by atomic mass is 9.93. The van der Waals surface area contributed by atoms with Gasteiger partial charge in [-0.1, -0.05) is 0 Å². The predicted octanol–water partition coefficient (Wildman–Crippen LogP) is 1.59. The molecular weight excluding hydrogens is 339 g/mol. The van der Waals surface area contributed by atoms with Gasteiger partial charge in [-0.3, -0.25) is 9.59 Å². The molecule has 2 amide bonds. The van der Waals surface area contributed by atoms with Crippen molar-refractivity contribution in [2.45, 2.75) is 13.8 Å². The van der Waals surface area contributed by atoms with Gasteiger partial charge in [0.2, 0.25) is 5.91 Å². The summed E-state index contributed by atoms with van der Waals surface area (Å²) in [6.45, 7) is 3.65. The molecule has 0 aliphatic heterocycles. The van der Waals surface area contributed by atoms with Gasteiger partial charge in [0.05, 0.1) is 13.9 Å². The van der Waals surface area contributed by atoms with E-state index in [1.165, 1.54) is 11.3 Å². The fourth-order valence-electron chi connectivity index (χ4n) is 0.920. The molecule has 6 heteroatoms. The van der Waals surface area contributed by atoms with Crippen molar-refractivity contribution in [3.8, 4) is 0 Å². The van der Waals surface area contributed by atoms with Crippen molar-refractivity contribution < 1.29 is 9.59 Å². The van der Waals surface area contributed by atoms with Crippen molar-refractivity contribution in [2.24, 2.45) is 11.1 Å². The largest absolute Gasteiger partial charge is 0.369 e. The molecular formula is C10H13IN2O2S. The topological polar surface area (TPSA) is 72.2 Å². The summed E-state index contributed by atoms with van der Waals surface area (Å²) < 4.78 is 1.05. The van der Waals surface area contributed by atoms with Gasteiger partial charge in [-0.15, -0.1) is 11.3 Å². The molecule has 3 N–H and O–H groups in total. The van der Waals surface area contributed by atoms with E-state index in [4.69, 9.17) is 5.73 Å². The van der Waals surface area contributed by atoms with Crippen LogP contribution in [-0.2, 0) is 4.79 Å². The first kappa shape index (κ1) is 13.4. The van der Waals surface area contributed by atoms with E-state index in [0.29, 0.717) is 5.56 Å². The van der Waals surface area contributed by atoms with Crippen molar-refractivity contribution in [3.63, 3.8) is 0 Å². The second-order valence-corrected chi connectivity index (χ2v) is 6.88. The Kier molecular flexibility index (Phi) is 4.31. The summed E-state index contributed by atoms with van der Waals surface area (Å²) in [7, 11) is 0. The summed E-state index contributed by atoms with van der Waals surface area (Å²) in [5.74, 6) is -0.596. The first-order chi connectivity index (χ1) is 7.33. The van der Waals surface area contributed by atoms with Crippen LogP contribution < -0.4 is 11.1 Å². The zero-order valence-corrected chi connectivity index (χ0v) is 12.0. The molecule has 0 atom stereocenters. The Morgan fingerprint density at radius 1 is 1.56 bits per heavy atom. The number of hydrogen-bond donors (Lipinski definition) is 2. The van der Waals surface area contributed by atoms with Gasteiger partial charge in [-0.2, -0.15) is 0 Å². The Bertz CT molecular complexity index is 415. The number of nitrogens with two attached hydrogens (primary N) is 1. The summed E-state index contributed by atoms with van der Waals surface area (Å²) in [6.07, 6.45) is 0. The highest BCUT2D eigenvalue weighted by Crippen LogP contribution is 2.17. The number of carbonyl (C=O) groups is 2. The van der Waals surface area contributed by atoms with Crippen LogP contribution in [-0.4, -0.2) is 18.4 Å². The molecule has 0 aliphatic rings. The van der Waals surface area contributed by atoms with Crippen LogP contribution in [0.15, 0.2) is 11.4 Å². The number of nitrogens with one attached hydrogen (secondary N) is 1. The lowest BCUT2D eigenvalue weighted by Crippen LogP contribution is -2.42. The molecule has 0 fully saturated rings. The average Bonchev–Trinajstić information content (AvgIpc) is 2.61. The second-order valence-electron chi connectivity index (χ2n) is 4.07. The Hall–Kier alpha value is -0.630. The molecule has 1 aromatic rings. The highest BCUT2D eigenvalue weighted by molar-refractivity contribution is 14.1. The van der Waals surface area contributed by atoms with Gasteiger partial charge in [0.15, 0.2) is 0 Å². The Morgan fingerprint density at radius 2 is 2.19 bits per heavy atom. The monoisotopic (exact) mass is 352 g/mol. The molecule has 0 bridgehead atoms. The van der Waals surface area contributed by atoms with Crippen molar-refractivity contribution in [2.75, 3.05) is 6.54 Å². The number of carbonyl (C=O) groups excluding carboxylic acids is 2. The van der Waals surface area contributed by atoms with E-state index in [-0.39, 0.29) is 12.5 Å². The molecule has 0 saturated carbocycles. The Labute approximate surface area is 112 Å². The summed E-state index contributed by atoms with van der Waals surface area (Å²) >= 11 is 3.66. The Balaban J connectivity index is 2.57. The first-order valence-corrected chi connectivity index (χ1v) is 6.61. The number of amides is 2. The fraction of sp³-hybridized carbons (Fsp3) is 0.400. The molecule has 88 valence electrons. The van der Waals surface area contributed by atoms with Crippen molar-refractivity contribution in [1.82, 2.24) is 5.32 Å². The molecule has 0 radical (unpaired) electrons. The number of primary amides is 1. The number of hydrogen-bond acceptors (Lipinski definition) is 3. The van der Waals surface area contributed by atoms with E-state index in [9.17, 15) is 9.59 Å². The molecule has 1 aromatic heterocycles. The summed E-state index contributed by atoms with van der Waals surface area (Å²) in [4.78, 5) is 22.7. The molecule has 1 rings (SSSR count). The van der Waals surface area contributed by atoms with Gasteiger partial charge in [0, 0.05) is 11.9 Å². The van der Waals surface area contributed by atoms with Crippen LogP contribution in [0, 0.1) is 8.30 Å². The van der Waals surface area contributed by atoms with E-state index in [2.05, 4.69) is 27.9 Å². The van der Waals surface area contributed by atoms with Crippen molar-refractivity contribution in [3.05, 3.63) is 19.9 Å². The zero-order chi connectivity index (χ0) is 12.3. The van der Waals surface area contributed by atoms with Crippen molar-refractivity contribution in [1.29, 1.82) is 0 Å². The van der Waals surface area contributed by atoms with E-state index in [0.717, 1.165) is 2.88 Å². The van der Waals surface area contributed by atoms with E-state index in [1.807, 2.05) is 0 Å². The van der Waals surface area contributed by atoms with E-state index < -0.39 is 11.3 Å². The quantitative estimate of drug-likeness (QED) is 0.808. The lowest BCUT2D eigenvalue weighted by molar-refractivity contribution is -0.125. The third kappa shape index (κ3) is 3.44. The minimum atomic E-state index is -0.723. The van der Waals surface area contributed by atoms with E-state index in [1.54, 1.807) is 25.3 Å². The molecule has 1 heterocycles. The van der Waals surface area contributed by atoms with Crippen LogP contribution in [0.25, 0.3) is 0 Å². The van der Waals surface area contributed by atoms with Crippen LogP contribution in [0.5, 0.6) is 0 Å². The predicted molar refractivity (Wildman–Crippen MR) is 72.3 cm³/mol. The van der Waals surface area contributed by atoms with Gasteiger partial charge in [-0.05, 0) is 42.5 Å². The number of rotatable bonds is 4. The van der Waals surface area contributed by atoms with Crippen LogP contribution in [0.4, 0.5) is 0 Å². The minimum Gasteiger partial charge on any atom is -0.369 e. The third-order valence-corrected chi connectivity index (χ3v) is 3.98. The smallest absolute Gasteiger partial charge is 0.252 e. The normalized spacial score (nSPS) is 11.2. The summed E-state index contributed by atoms with van der Waals surface area (Å²) in [5, 5.41) is 4.48. The van der Waals surface area contributed by atoms with E-state index >= 15 is 0 Å². The highest BCUT2D eigenvalue weighted by atomic mass is 127. The number of thiophene rings is 1. The summed E-state index contributed by atoms with van der Waals surface area (Å²) in [6, 6.07) is 1.80. The molecule has 0 aliphatic carbocycles. The van der Waals surface area contributed by atoms with Crippen LogP contribution in [0.1, 0.15) is 24.2 Å². The lowest BCUT2D eigenvalue weighted by Gasteiger charge is -2.20. The molecule has 4 nitrogen and oxygen atoms in total. The molecule has 16 heavy (non-hydrogen) atoms. The third-order valence-electron chi connectivity index (χ3n) is 2.19. The van der Waals surface area contributed by atoms with Gasteiger partial charge < -0.3 is 11.1 Å². The average molecular weight is 352 g/mol. The van der Waals surface area contributed by atoms with Crippen LogP contribution in [0.3, 0.4) is 0 Å². The van der Waals surface area contributed by atoms with Gasteiger partial charge >= 0.3 is 0 Å². The fourth-order valence-corrected chi connectivity index (χ4v) is 2.25. The van der Waals surface area contributed by atoms with Gasteiger partial charge in [0.25, 0.3) is 5.91 Å². The van der Waals surface area contributed by atoms with Crippen molar-refractivity contribution >= 4 is 45.7 Å². The highest BCUT2D eigenvalue weighted by Gasteiger charge is 2.25. The van der Waals surface area contributed by atoms with Crippen LogP contribution >= 0.6 is 33.9 Å². The maximum absolute atomic E-state index is 11.7. The SMILES string of the molecule is CC(C)(CNC(=O)c1csc(I)c1)C(N)=O. The second kappa shape index (κ2) is 5.13. The maximum atomic E-state index is 11.7.